The zero-order valence-corrected chi connectivity index (χ0v) is 9.94. The lowest BCUT2D eigenvalue weighted by Gasteiger charge is -2.09. The van der Waals surface area contributed by atoms with Gasteiger partial charge in [0.05, 0.1) is 5.69 Å². The summed E-state index contributed by atoms with van der Waals surface area (Å²) in [5, 5.41) is 7.75. The molecule has 1 fully saturated rings. The third-order valence-corrected chi connectivity index (χ3v) is 2.61. The molecule has 0 spiro atoms. The molecule has 0 bridgehead atoms. The lowest BCUT2D eigenvalue weighted by Crippen LogP contribution is -2.27. The van der Waals surface area contributed by atoms with Crippen LogP contribution in [0.3, 0.4) is 0 Å². The van der Waals surface area contributed by atoms with Crippen LogP contribution in [-0.4, -0.2) is 15.8 Å². The first-order chi connectivity index (χ1) is 7.65. The summed E-state index contributed by atoms with van der Waals surface area (Å²) < 4.78 is 1.56. The zero-order valence-electron chi connectivity index (χ0n) is 9.94. The smallest absolute Gasteiger partial charge is 0.266 e. The maximum absolute atomic E-state index is 11.5. The van der Waals surface area contributed by atoms with E-state index < -0.39 is 0 Å². The van der Waals surface area contributed by atoms with Crippen LogP contribution in [0.2, 0.25) is 0 Å². The van der Waals surface area contributed by atoms with E-state index in [-0.39, 0.29) is 5.56 Å². The molecule has 0 saturated heterocycles. The standard InChI is InChI=1S/C12H19N3O/c1-9(2)8-15-12(16)6-5-11(14-15)7-13-10-3-4-10/h5-6,9-10,13H,3-4,7-8H2,1-2H3. The summed E-state index contributed by atoms with van der Waals surface area (Å²) in [4.78, 5) is 11.5. The van der Waals surface area contributed by atoms with Gasteiger partial charge in [0.1, 0.15) is 0 Å². The number of rotatable bonds is 5. The summed E-state index contributed by atoms with van der Waals surface area (Å²) in [7, 11) is 0. The number of hydrogen-bond acceptors (Lipinski definition) is 3. The van der Waals surface area contributed by atoms with Crippen molar-refractivity contribution < 1.29 is 0 Å². The maximum atomic E-state index is 11.5. The van der Waals surface area contributed by atoms with Gasteiger partial charge >= 0.3 is 0 Å². The zero-order chi connectivity index (χ0) is 11.5. The highest BCUT2D eigenvalue weighted by molar-refractivity contribution is 5.01. The first kappa shape index (κ1) is 11.3. The molecule has 0 aromatic carbocycles. The van der Waals surface area contributed by atoms with Gasteiger partial charge in [-0.3, -0.25) is 4.79 Å². The van der Waals surface area contributed by atoms with E-state index >= 15 is 0 Å². The molecule has 1 aliphatic carbocycles. The van der Waals surface area contributed by atoms with Gasteiger partial charge in [-0.05, 0) is 24.8 Å². The second kappa shape index (κ2) is 4.78. The average molecular weight is 221 g/mol. The van der Waals surface area contributed by atoms with Crippen molar-refractivity contribution in [2.75, 3.05) is 0 Å². The molecule has 88 valence electrons. The van der Waals surface area contributed by atoms with Crippen LogP contribution in [0.1, 0.15) is 32.4 Å². The van der Waals surface area contributed by atoms with E-state index in [1.54, 1.807) is 10.7 Å². The monoisotopic (exact) mass is 221 g/mol. The van der Waals surface area contributed by atoms with Crippen LogP contribution < -0.4 is 10.9 Å². The Morgan fingerprint density at radius 2 is 2.25 bits per heavy atom. The SMILES string of the molecule is CC(C)Cn1nc(CNC2CC2)ccc1=O. The molecule has 1 aliphatic rings. The molecular weight excluding hydrogens is 202 g/mol. The van der Waals surface area contributed by atoms with Gasteiger partial charge < -0.3 is 5.32 Å². The van der Waals surface area contributed by atoms with Gasteiger partial charge in [-0.15, -0.1) is 0 Å². The predicted octanol–water partition coefficient (Wildman–Crippen LogP) is 1.15. The summed E-state index contributed by atoms with van der Waals surface area (Å²) in [5.74, 6) is 0.442. The van der Waals surface area contributed by atoms with Crippen LogP contribution >= 0.6 is 0 Å². The number of nitrogens with zero attached hydrogens (tertiary/aromatic N) is 2. The summed E-state index contributed by atoms with van der Waals surface area (Å²) in [6, 6.07) is 4.10. The average Bonchev–Trinajstić information content (AvgIpc) is 3.02. The van der Waals surface area contributed by atoms with Crippen molar-refractivity contribution in [2.45, 2.75) is 45.8 Å². The lowest BCUT2D eigenvalue weighted by atomic mass is 10.2. The van der Waals surface area contributed by atoms with Gasteiger partial charge in [0.2, 0.25) is 0 Å². The Balaban J connectivity index is 2.04. The predicted molar refractivity (Wildman–Crippen MR) is 63.2 cm³/mol. The highest BCUT2D eigenvalue weighted by Crippen LogP contribution is 2.18. The molecule has 1 heterocycles. The Labute approximate surface area is 95.7 Å². The highest BCUT2D eigenvalue weighted by atomic mass is 16.1. The lowest BCUT2D eigenvalue weighted by molar-refractivity contribution is 0.454. The second-order valence-electron chi connectivity index (χ2n) is 4.89. The number of nitrogens with one attached hydrogen (secondary N) is 1. The Morgan fingerprint density at radius 3 is 2.88 bits per heavy atom. The van der Waals surface area contributed by atoms with Gasteiger partial charge in [0.25, 0.3) is 5.56 Å². The molecular formula is C12H19N3O. The Bertz CT molecular complexity index is 407. The molecule has 0 atom stereocenters. The van der Waals surface area contributed by atoms with Crippen molar-refractivity contribution in [3.05, 3.63) is 28.2 Å². The summed E-state index contributed by atoms with van der Waals surface area (Å²) in [6.07, 6.45) is 2.54. The highest BCUT2D eigenvalue weighted by Gasteiger charge is 2.20. The van der Waals surface area contributed by atoms with Crippen LogP contribution in [-0.2, 0) is 13.1 Å². The van der Waals surface area contributed by atoms with Crippen molar-refractivity contribution in [1.82, 2.24) is 15.1 Å². The van der Waals surface area contributed by atoms with Gasteiger partial charge in [-0.1, -0.05) is 13.8 Å². The van der Waals surface area contributed by atoms with Gasteiger partial charge in [0, 0.05) is 25.2 Å². The van der Waals surface area contributed by atoms with Crippen LogP contribution in [0.15, 0.2) is 16.9 Å². The summed E-state index contributed by atoms with van der Waals surface area (Å²) >= 11 is 0. The minimum absolute atomic E-state index is 0.0103. The fourth-order valence-corrected chi connectivity index (χ4v) is 1.60. The Morgan fingerprint density at radius 1 is 1.50 bits per heavy atom. The molecule has 0 aliphatic heterocycles. The Hall–Kier alpha value is -1.16. The van der Waals surface area contributed by atoms with Crippen molar-refractivity contribution in [3.8, 4) is 0 Å². The van der Waals surface area contributed by atoms with E-state index in [4.69, 9.17) is 0 Å². The molecule has 1 aromatic heterocycles. The largest absolute Gasteiger partial charge is 0.308 e. The van der Waals surface area contributed by atoms with E-state index in [9.17, 15) is 4.79 Å². The van der Waals surface area contributed by atoms with Crippen molar-refractivity contribution >= 4 is 0 Å². The minimum Gasteiger partial charge on any atom is -0.308 e. The number of aromatic nitrogens is 2. The molecule has 4 heteroatoms. The van der Waals surface area contributed by atoms with Crippen LogP contribution in [0, 0.1) is 5.92 Å². The van der Waals surface area contributed by atoms with Crippen molar-refractivity contribution in [2.24, 2.45) is 5.92 Å². The van der Waals surface area contributed by atoms with Gasteiger partial charge in [0.15, 0.2) is 0 Å². The van der Waals surface area contributed by atoms with E-state index in [1.807, 2.05) is 6.07 Å². The fraction of sp³-hybridized carbons (Fsp3) is 0.667. The van der Waals surface area contributed by atoms with E-state index in [0.29, 0.717) is 18.5 Å². The molecule has 4 nitrogen and oxygen atoms in total. The second-order valence-corrected chi connectivity index (χ2v) is 4.89. The van der Waals surface area contributed by atoms with Crippen molar-refractivity contribution in [1.29, 1.82) is 0 Å². The Kier molecular flexibility index (Phi) is 3.39. The van der Waals surface area contributed by atoms with Gasteiger partial charge in [-0.2, -0.15) is 5.10 Å². The molecule has 16 heavy (non-hydrogen) atoms. The maximum Gasteiger partial charge on any atom is 0.266 e. The van der Waals surface area contributed by atoms with E-state index in [0.717, 1.165) is 12.2 Å². The molecule has 0 radical (unpaired) electrons. The third kappa shape index (κ3) is 3.17. The fourth-order valence-electron chi connectivity index (χ4n) is 1.60. The molecule has 0 unspecified atom stereocenters. The van der Waals surface area contributed by atoms with Gasteiger partial charge in [-0.25, -0.2) is 4.68 Å². The molecule has 0 amide bonds. The van der Waals surface area contributed by atoms with Crippen molar-refractivity contribution in [3.63, 3.8) is 0 Å². The minimum atomic E-state index is -0.0103. The first-order valence-electron chi connectivity index (χ1n) is 5.95. The topological polar surface area (TPSA) is 46.9 Å². The molecule has 2 rings (SSSR count). The van der Waals surface area contributed by atoms with E-state index in [2.05, 4.69) is 24.3 Å². The normalized spacial score (nSPS) is 15.7. The first-order valence-corrected chi connectivity index (χ1v) is 5.95. The van der Waals surface area contributed by atoms with Crippen LogP contribution in [0.5, 0.6) is 0 Å². The summed E-state index contributed by atoms with van der Waals surface area (Å²) in [6.45, 7) is 5.63. The molecule has 1 aromatic rings. The number of hydrogen-bond donors (Lipinski definition) is 1. The molecule has 1 saturated carbocycles. The third-order valence-electron chi connectivity index (χ3n) is 2.61. The molecule has 1 N–H and O–H groups in total. The summed E-state index contributed by atoms with van der Waals surface area (Å²) in [5.41, 5.74) is 0.941. The van der Waals surface area contributed by atoms with E-state index in [1.165, 1.54) is 12.8 Å². The quantitative estimate of drug-likeness (QED) is 0.811. The van der Waals surface area contributed by atoms with Crippen LogP contribution in [0.25, 0.3) is 0 Å². The van der Waals surface area contributed by atoms with Crippen LogP contribution in [0.4, 0.5) is 0 Å².